The quantitative estimate of drug-likeness (QED) is 0.345. The van der Waals surface area contributed by atoms with E-state index in [1.54, 1.807) is 4.90 Å². The fraction of sp³-hybridized carbons (Fsp3) is 0.333. The number of halogens is 5. The van der Waals surface area contributed by atoms with Gasteiger partial charge in [0.05, 0.1) is 9.85 Å². The molecule has 0 aromatic carbocycles. The van der Waals surface area contributed by atoms with Gasteiger partial charge in [-0.2, -0.15) is 0 Å². The van der Waals surface area contributed by atoms with Gasteiger partial charge in [-0.1, -0.05) is 34.8 Å². The van der Waals surface area contributed by atoms with Gasteiger partial charge >= 0.3 is 11.4 Å². The van der Waals surface area contributed by atoms with E-state index < -0.39 is 15.8 Å². The van der Waals surface area contributed by atoms with Crippen LogP contribution in [0.2, 0.25) is 15.3 Å². The van der Waals surface area contributed by atoms with Crippen LogP contribution >= 0.6 is 34.8 Å². The van der Waals surface area contributed by atoms with Crippen LogP contribution in [0.4, 0.5) is 25.8 Å². The molecule has 156 valence electrons. The van der Waals surface area contributed by atoms with Crippen LogP contribution in [0.1, 0.15) is 12.8 Å². The molecule has 0 radical (unpaired) electrons. The third-order valence-electron chi connectivity index (χ3n) is 3.86. The van der Waals surface area contributed by atoms with Crippen molar-refractivity contribution in [3.8, 4) is 0 Å². The third-order valence-corrected chi connectivity index (χ3v) is 4.57. The molecule has 0 aliphatic carbocycles. The molecule has 1 aliphatic heterocycles. The topological polar surface area (TPSA) is 115 Å². The molecule has 1 saturated heterocycles. The highest BCUT2D eigenvalue weighted by atomic mass is 35.5. The zero-order valence-corrected chi connectivity index (χ0v) is 16.7. The first-order chi connectivity index (χ1) is 13.5. The maximum Gasteiger partial charge on any atom is 0.310 e. The van der Waals surface area contributed by atoms with Crippen molar-refractivity contribution in [3.05, 3.63) is 60.1 Å². The largest absolute Gasteiger partial charge is 0.365 e. The van der Waals surface area contributed by atoms with E-state index >= 15 is 0 Å². The van der Waals surface area contributed by atoms with Crippen LogP contribution < -0.4 is 4.90 Å². The summed E-state index contributed by atoms with van der Waals surface area (Å²) < 4.78 is 26.1. The fourth-order valence-electron chi connectivity index (χ4n) is 2.42. The predicted octanol–water partition coefficient (Wildman–Crippen LogP) is 5.18. The Balaban J connectivity index is 0.000000234. The SMILES string of the molecule is O=[N+]([O-])c1cnc(Cl)cc1Cl.O=[N+]([O-])c1cnc(Cl)cc1N1CCC(F)(F)CC1. The second-order valence-electron chi connectivity index (χ2n) is 5.81. The van der Waals surface area contributed by atoms with Crippen LogP contribution in [0.25, 0.3) is 0 Å². The second-order valence-corrected chi connectivity index (χ2v) is 6.99. The number of hydrogen-bond donors (Lipinski definition) is 0. The number of aromatic nitrogens is 2. The summed E-state index contributed by atoms with van der Waals surface area (Å²) in [6.45, 7) is 0.127. The van der Waals surface area contributed by atoms with E-state index in [1.165, 1.54) is 12.1 Å². The van der Waals surface area contributed by atoms with Crippen molar-refractivity contribution in [2.24, 2.45) is 0 Å². The lowest BCUT2D eigenvalue weighted by molar-refractivity contribution is -0.385. The number of nitrogens with zero attached hydrogens (tertiary/aromatic N) is 5. The van der Waals surface area contributed by atoms with Crippen molar-refractivity contribution in [2.75, 3.05) is 18.0 Å². The number of rotatable bonds is 3. The first kappa shape index (κ1) is 22.9. The van der Waals surface area contributed by atoms with Gasteiger partial charge in [-0.15, -0.1) is 0 Å². The minimum absolute atomic E-state index is 0.00463. The smallest absolute Gasteiger partial charge is 0.310 e. The van der Waals surface area contributed by atoms with Gasteiger partial charge in [0.2, 0.25) is 0 Å². The normalized spacial score (nSPS) is 15.3. The van der Waals surface area contributed by atoms with Gasteiger partial charge in [0, 0.05) is 38.1 Å². The predicted molar refractivity (Wildman–Crippen MR) is 103 cm³/mol. The summed E-state index contributed by atoms with van der Waals surface area (Å²) in [7, 11) is 0. The Labute approximate surface area is 177 Å². The molecule has 0 amide bonds. The Bertz CT molecular complexity index is 925. The number of hydrogen-bond acceptors (Lipinski definition) is 7. The number of alkyl halides is 2. The Kier molecular flexibility index (Phi) is 7.44. The van der Waals surface area contributed by atoms with Gasteiger partial charge in [-0.3, -0.25) is 20.2 Å². The number of pyridine rings is 2. The van der Waals surface area contributed by atoms with Crippen molar-refractivity contribution < 1.29 is 18.6 Å². The summed E-state index contributed by atoms with van der Waals surface area (Å²) in [4.78, 5) is 28.5. The second kappa shape index (κ2) is 9.42. The van der Waals surface area contributed by atoms with Gasteiger partial charge < -0.3 is 4.90 Å². The molecule has 3 rings (SSSR count). The Hall–Kier alpha value is -2.37. The van der Waals surface area contributed by atoms with Gasteiger partial charge in [0.25, 0.3) is 5.92 Å². The van der Waals surface area contributed by atoms with E-state index in [9.17, 15) is 29.0 Å². The summed E-state index contributed by atoms with van der Waals surface area (Å²) in [5.74, 6) is -2.69. The van der Waals surface area contributed by atoms with Crippen molar-refractivity contribution in [2.45, 2.75) is 18.8 Å². The Morgan fingerprint density at radius 1 is 0.931 bits per heavy atom. The maximum absolute atomic E-state index is 13.0. The van der Waals surface area contributed by atoms with Crippen molar-refractivity contribution in [3.63, 3.8) is 0 Å². The van der Waals surface area contributed by atoms with Crippen LogP contribution in [0.5, 0.6) is 0 Å². The van der Waals surface area contributed by atoms with Crippen molar-refractivity contribution in [1.29, 1.82) is 0 Å². The van der Waals surface area contributed by atoms with Crippen molar-refractivity contribution >= 4 is 51.9 Å². The molecule has 29 heavy (non-hydrogen) atoms. The average molecular weight is 471 g/mol. The molecule has 9 nitrogen and oxygen atoms in total. The van der Waals surface area contributed by atoms with Crippen LogP contribution in [0.3, 0.4) is 0 Å². The lowest BCUT2D eigenvalue weighted by Crippen LogP contribution is -2.39. The molecule has 0 unspecified atom stereocenters. The minimum atomic E-state index is -2.69. The zero-order chi connectivity index (χ0) is 21.8. The molecule has 2 aromatic rings. The number of anilines is 1. The zero-order valence-electron chi connectivity index (χ0n) is 14.4. The molecule has 3 heterocycles. The Morgan fingerprint density at radius 3 is 1.90 bits per heavy atom. The molecule has 1 aliphatic rings. The standard InChI is InChI=1S/C10H10ClF2N3O2.C5H2Cl2N2O2/c11-9-5-7(8(6-14-9)16(17)18)15-3-1-10(12,13)2-4-15;6-3-1-5(7)8-2-4(3)9(10)11/h5-6H,1-4H2;1-2H. The monoisotopic (exact) mass is 469 g/mol. The summed E-state index contributed by atoms with van der Waals surface area (Å²) in [5, 5.41) is 21.3. The molecule has 0 spiro atoms. The highest BCUT2D eigenvalue weighted by Crippen LogP contribution is 2.35. The van der Waals surface area contributed by atoms with Gasteiger partial charge in [-0.25, -0.2) is 18.7 Å². The molecular formula is C15H12Cl3F2N5O4. The first-order valence-corrected chi connectivity index (χ1v) is 9.02. The Morgan fingerprint density at radius 2 is 1.41 bits per heavy atom. The molecule has 0 bridgehead atoms. The van der Waals surface area contributed by atoms with Gasteiger partial charge in [-0.05, 0) is 0 Å². The van der Waals surface area contributed by atoms with Crippen LogP contribution in [0.15, 0.2) is 24.5 Å². The number of nitro groups is 2. The maximum atomic E-state index is 13.0. The van der Waals surface area contributed by atoms with Gasteiger partial charge in [0.1, 0.15) is 33.4 Å². The highest BCUT2D eigenvalue weighted by molar-refractivity contribution is 6.35. The number of piperidine rings is 1. The summed E-state index contributed by atoms with van der Waals surface area (Å²) in [6, 6.07) is 2.56. The van der Waals surface area contributed by atoms with Crippen LogP contribution in [-0.4, -0.2) is 38.8 Å². The van der Waals surface area contributed by atoms with Gasteiger partial charge in [0.15, 0.2) is 0 Å². The van der Waals surface area contributed by atoms with E-state index in [-0.39, 0.29) is 58.3 Å². The lowest BCUT2D eigenvalue weighted by atomic mass is 10.1. The highest BCUT2D eigenvalue weighted by Gasteiger charge is 2.35. The summed E-state index contributed by atoms with van der Waals surface area (Å²) in [6.07, 6.45) is 1.43. The lowest BCUT2D eigenvalue weighted by Gasteiger charge is -2.32. The molecule has 2 aromatic heterocycles. The molecule has 0 atom stereocenters. The molecule has 1 fully saturated rings. The molecule has 0 N–H and O–H groups in total. The molecular weight excluding hydrogens is 459 g/mol. The van der Waals surface area contributed by atoms with E-state index in [1.807, 2.05) is 0 Å². The van der Waals surface area contributed by atoms with Crippen LogP contribution in [0, 0.1) is 20.2 Å². The van der Waals surface area contributed by atoms with E-state index in [0.29, 0.717) is 0 Å². The van der Waals surface area contributed by atoms with Crippen molar-refractivity contribution in [1.82, 2.24) is 9.97 Å². The molecule has 0 saturated carbocycles. The molecule has 14 heteroatoms. The van der Waals surface area contributed by atoms with E-state index in [4.69, 9.17) is 34.8 Å². The van der Waals surface area contributed by atoms with Crippen LogP contribution in [-0.2, 0) is 0 Å². The fourth-order valence-corrected chi connectivity index (χ4v) is 3.00. The third kappa shape index (κ3) is 6.31. The average Bonchev–Trinajstić information content (AvgIpc) is 2.61. The summed E-state index contributed by atoms with van der Waals surface area (Å²) in [5.41, 5.74) is -0.212. The van der Waals surface area contributed by atoms with E-state index in [0.717, 1.165) is 12.4 Å². The first-order valence-electron chi connectivity index (χ1n) is 7.88. The van der Waals surface area contributed by atoms with E-state index in [2.05, 4.69) is 9.97 Å². The minimum Gasteiger partial charge on any atom is -0.365 e. The summed E-state index contributed by atoms with van der Waals surface area (Å²) >= 11 is 16.6.